The van der Waals surface area contributed by atoms with Crippen LogP contribution >= 0.6 is 23.1 Å². The van der Waals surface area contributed by atoms with Crippen molar-refractivity contribution in [1.82, 2.24) is 9.88 Å². The van der Waals surface area contributed by atoms with Gasteiger partial charge in [0.05, 0.1) is 43.9 Å². The van der Waals surface area contributed by atoms with E-state index in [0.717, 1.165) is 24.2 Å². The summed E-state index contributed by atoms with van der Waals surface area (Å²) in [5.41, 5.74) is 7.32. The monoisotopic (exact) mass is 479 g/mol. The normalized spacial score (nSPS) is 30.6. The van der Waals surface area contributed by atoms with Gasteiger partial charge in [-0.15, -0.1) is 11.3 Å². The molecule has 0 spiro atoms. The molecule has 3 aliphatic rings. The van der Waals surface area contributed by atoms with Gasteiger partial charge in [-0.2, -0.15) is 0 Å². The Hall–Kier alpha value is -2.21. The fourth-order valence-corrected chi connectivity index (χ4v) is 6.98. The molecule has 0 aromatic carbocycles. The van der Waals surface area contributed by atoms with E-state index >= 15 is 0 Å². The first-order valence-corrected chi connectivity index (χ1v) is 12.2. The van der Waals surface area contributed by atoms with E-state index in [9.17, 15) is 24.6 Å². The number of nitrogens with two attached hydrogens (primary N) is 1. The van der Waals surface area contributed by atoms with E-state index < -0.39 is 18.0 Å². The third kappa shape index (κ3) is 3.87. The van der Waals surface area contributed by atoms with Crippen molar-refractivity contribution in [3.8, 4) is 0 Å². The molecule has 0 radical (unpaired) electrons. The number of carbonyl (C=O) groups excluding carboxylic acids is 2. The van der Waals surface area contributed by atoms with Gasteiger partial charge in [0.15, 0.2) is 10.9 Å². The summed E-state index contributed by atoms with van der Waals surface area (Å²) in [7, 11) is 2.01. The quantitative estimate of drug-likeness (QED) is 0.394. The van der Waals surface area contributed by atoms with Crippen molar-refractivity contribution in [2.45, 2.75) is 36.8 Å². The molecule has 4 rings (SSSR count). The largest absolute Gasteiger partial charge is 0.477 e. The van der Waals surface area contributed by atoms with Crippen molar-refractivity contribution in [3.05, 3.63) is 27.8 Å². The van der Waals surface area contributed by atoms with E-state index in [1.54, 1.807) is 6.92 Å². The Labute approximate surface area is 194 Å². The molecule has 11 heteroatoms. The molecule has 1 aromatic rings. The number of aliphatic hydroxyl groups excluding tert-OH is 1. The maximum Gasteiger partial charge on any atom is 0.353 e. The number of aliphatic carboxylic acids is 1. The molecular weight excluding hydrogens is 452 g/mol. The summed E-state index contributed by atoms with van der Waals surface area (Å²) in [6, 6.07) is -0.336. The van der Waals surface area contributed by atoms with Crippen LogP contribution in [0, 0.1) is 11.8 Å². The molecule has 0 saturated carbocycles. The second-order valence-corrected chi connectivity index (χ2v) is 11.1. The molecule has 4 N–H and O–H groups in total. The van der Waals surface area contributed by atoms with E-state index in [0.29, 0.717) is 26.8 Å². The molecule has 5 atom stereocenters. The Morgan fingerprint density at radius 3 is 2.75 bits per heavy atom. The molecule has 1 aromatic heterocycles. The average Bonchev–Trinajstić information content (AvgIpc) is 3.24. The number of thioether (sulfide) groups is 1. The van der Waals surface area contributed by atoms with Crippen molar-refractivity contribution >= 4 is 46.5 Å². The maximum atomic E-state index is 12.5. The van der Waals surface area contributed by atoms with Crippen LogP contribution in [0.5, 0.6) is 0 Å². The van der Waals surface area contributed by atoms with E-state index in [1.807, 2.05) is 19.4 Å². The number of quaternary nitrogens is 1. The molecule has 1 unspecified atom stereocenters. The molecule has 4 heterocycles. The third-order valence-corrected chi connectivity index (χ3v) is 8.78. The van der Waals surface area contributed by atoms with Gasteiger partial charge in [0.25, 0.3) is 5.91 Å². The van der Waals surface area contributed by atoms with Crippen molar-refractivity contribution in [1.29, 1.82) is 0 Å². The van der Waals surface area contributed by atoms with E-state index in [2.05, 4.69) is 6.08 Å². The van der Waals surface area contributed by atoms with Gasteiger partial charge in [0.1, 0.15) is 5.70 Å². The average molecular weight is 480 g/mol. The van der Waals surface area contributed by atoms with Gasteiger partial charge in [-0.25, -0.2) is 9.78 Å². The number of thiazole rings is 1. The van der Waals surface area contributed by atoms with E-state index in [-0.39, 0.29) is 29.5 Å². The first kappa shape index (κ1) is 23.0. The minimum Gasteiger partial charge on any atom is -0.477 e. The number of aliphatic hydroxyl groups is 1. The fraction of sp³-hybridized carbons (Fsp3) is 0.524. The predicted molar refractivity (Wildman–Crippen MR) is 120 cm³/mol. The number of carboxylic acids is 1. The van der Waals surface area contributed by atoms with Crippen LogP contribution in [-0.2, 0) is 14.4 Å². The van der Waals surface area contributed by atoms with Crippen LogP contribution < -0.4 is 5.73 Å². The van der Waals surface area contributed by atoms with E-state index in [1.165, 1.54) is 28.0 Å². The second kappa shape index (κ2) is 8.29. The zero-order chi connectivity index (χ0) is 23.4. The molecule has 2 amide bonds. The Morgan fingerprint density at radius 1 is 1.47 bits per heavy atom. The lowest BCUT2D eigenvalue weighted by atomic mass is 9.79. The highest BCUT2D eigenvalue weighted by molar-refractivity contribution is 8.04. The zero-order valence-electron chi connectivity index (χ0n) is 18.1. The Morgan fingerprint density at radius 2 is 2.19 bits per heavy atom. The minimum atomic E-state index is -1.14. The Balaban J connectivity index is 1.53. The van der Waals surface area contributed by atoms with Gasteiger partial charge in [-0.3, -0.25) is 9.59 Å². The number of likely N-dealkylation sites (N-methyl/N-ethyl adjacent to an activating group) is 1. The van der Waals surface area contributed by atoms with Crippen LogP contribution in [0.25, 0.3) is 5.57 Å². The molecule has 9 nitrogen and oxygen atoms in total. The van der Waals surface area contributed by atoms with Crippen LogP contribution in [0.2, 0.25) is 0 Å². The number of hydrogen-bond donors (Lipinski definition) is 3. The van der Waals surface area contributed by atoms with Gasteiger partial charge in [-0.1, -0.05) is 18.7 Å². The summed E-state index contributed by atoms with van der Waals surface area (Å²) in [6.07, 6.45) is 2.04. The van der Waals surface area contributed by atoms with Crippen LogP contribution in [0.4, 0.5) is 0 Å². The number of primary amides is 1. The number of β-lactam (4-membered cyclic amide) rings is 1. The summed E-state index contributed by atoms with van der Waals surface area (Å²) < 4.78 is 1.29. The highest BCUT2D eigenvalue weighted by atomic mass is 32.2. The van der Waals surface area contributed by atoms with Gasteiger partial charge >= 0.3 is 5.97 Å². The molecule has 172 valence electrons. The molecular formula is C21H27N4O5S2+. The van der Waals surface area contributed by atoms with Gasteiger partial charge in [-0.05, 0) is 18.6 Å². The van der Waals surface area contributed by atoms with Gasteiger partial charge in [0.2, 0.25) is 5.91 Å². The first-order valence-electron chi connectivity index (χ1n) is 10.5. The van der Waals surface area contributed by atoms with Crippen molar-refractivity contribution < 1.29 is 29.1 Å². The summed E-state index contributed by atoms with van der Waals surface area (Å²) in [6.45, 7) is 5.25. The number of rotatable bonds is 7. The third-order valence-electron chi connectivity index (χ3n) is 6.56. The van der Waals surface area contributed by atoms with Crippen LogP contribution in [0.1, 0.15) is 26.0 Å². The van der Waals surface area contributed by atoms with Crippen LogP contribution in [0.3, 0.4) is 0 Å². The summed E-state index contributed by atoms with van der Waals surface area (Å²) in [5.74, 6) is -2.57. The smallest absolute Gasteiger partial charge is 0.353 e. The van der Waals surface area contributed by atoms with Crippen molar-refractivity contribution in [2.75, 3.05) is 26.7 Å². The number of amides is 2. The summed E-state index contributed by atoms with van der Waals surface area (Å²) >= 11 is 2.73. The molecule has 0 bridgehead atoms. The number of fused-ring (bicyclic) bond motifs is 1. The summed E-state index contributed by atoms with van der Waals surface area (Å²) in [4.78, 5) is 42.4. The number of hydrogen-bond acceptors (Lipinski definition) is 7. The standard InChI is InChI=1S/C21H26N4O5S2/c1-10-16-15(11(2)26)19(28)24(16)17(20(29)30)18(10)32-21-23-13(9-31-21)12-4-6-25(3,7-5-12)8-14(22)27/h4,9-11,15-16,26H,5-8H2,1-3H3,(H2-,22,27,29,30)/p+1/t10-,11-,15-,16-,25?/m1/s1. The van der Waals surface area contributed by atoms with E-state index in [4.69, 9.17) is 10.7 Å². The number of aromatic nitrogens is 1. The Kier molecular flexibility index (Phi) is 5.95. The highest BCUT2D eigenvalue weighted by Gasteiger charge is 2.60. The molecule has 1 saturated heterocycles. The lowest BCUT2D eigenvalue weighted by Crippen LogP contribution is -2.63. The second-order valence-electron chi connectivity index (χ2n) is 9.00. The Bertz CT molecular complexity index is 1050. The molecule has 3 aliphatic heterocycles. The molecule has 1 fully saturated rings. The molecule has 0 aliphatic carbocycles. The number of carboxylic acid groups (broad SMARTS) is 1. The first-order chi connectivity index (χ1) is 15.0. The topological polar surface area (TPSA) is 134 Å². The predicted octanol–water partition coefficient (Wildman–Crippen LogP) is 1.11. The van der Waals surface area contributed by atoms with Gasteiger partial charge in [0, 0.05) is 22.6 Å². The SMILES string of the molecule is C[C@@H](O)[C@H]1C(=O)N2C(C(=O)O)=C(Sc3nc(C4=CC[N+](C)(CC(N)=O)CC4)cs3)[C@H](C)[C@H]12. The lowest BCUT2D eigenvalue weighted by Gasteiger charge is -2.46. The van der Waals surface area contributed by atoms with Crippen molar-refractivity contribution in [3.63, 3.8) is 0 Å². The summed E-state index contributed by atoms with van der Waals surface area (Å²) in [5, 5.41) is 21.7. The highest BCUT2D eigenvalue weighted by Crippen LogP contribution is 2.52. The van der Waals surface area contributed by atoms with Crippen molar-refractivity contribution in [2.24, 2.45) is 17.6 Å². The minimum absolute atomic E-state index is 0.00236. The van der Waals surface area contributed by atoms with Gasteiger partial charge < -0.3 is 25.3 Å². The van der Waals surface area contributed by atoms with Crippen LogP contribution in [-0.4, -0.2) is 81.2 Å². The maximum absolute atomic E-state index is 12.5. The lowest BCUT2D eigenvalue weighted by molar-refractivity contribution is -0.897. The number of nitrogens with zero attached hydrogens (tertiary/aromatic N) is 3. The molecule has 32 heavy (non-hydrogen) atoms. The number of carbonyl (C=O) groups is 3. The van der Waals surface area contributed by atoms with Crippen LogP contribution in [0.15, 0.2) is 26.4 Å². The fourth-order valence-electron chi connectivity index (χ4n) is 4.87. The zero-order valence-corrected chi connectivity index (χ0v) is 19.8.